The molecule has 0 bridgehead atoms. The zero-order valence-corrected chi connectivity index (χ0v) is 21.8. The van der Waals surface area contributed by atoms with Gasteiger partial charge in [0.15, 0.2) is 0 Å². The summed E-state index contributed by atoms with van der Waals surface area (Å²) in [6, 6.07) is 14.5. The molecule has 2 aromatic rings. The molecule has 0 radical (unpaired) electrons. The molecule has 0 spiro atoms. The van der Waals surface area contributed by atoms with Gasteiger partial charge >= 0.3 is 0 Å². The Labute approximate surface area is 208 Å². The zero-order valence-electron chi connectivity index (χ0n) is 20.2. The summed E-state index contributed by atoms with van der Waals surface area (Å²) in [5, 5.41) is 3.07. The van der Waals surface area contributed by atoms with E-state index in [4.69, 9.17) is 5.73 Å². The lowest BCUT2D eigenvalue weighted by Crippen LogP contribution is -2.26. The molecule has 1 heterocycles. The summed E-state index contributed by atoms with van der Waals surface area (Å²) in [6.07, 6.45) is 9.54. The highest BCUT2D eigenvalue weighted by Crippen LogP contribution is 2.31. The van der Waals surface area contributed by atoms with Gasteiger partial charge in [-0.25, -0.2) is 0 Å². The molecular weight excluding hydrogens is 448 g/mol. The van der Waals surface area contributed by atoms with Crippen molar-refractivity contribution in [2.45, 2.75) is 56.4 Å². The highest BCUT2D eigenvalue weighted by molar-refractivity contribution is 8.00. The second kappa shape index (κ2) is 13.2. The van der Waals surface area contributed by atoms with Gasteiger partial charge in [-0.3, -0.25) is 4.79 Å². The molecule has 1 aliphatic heterocycles. The number of thioether (sulfide) groups is 1. The van der Waals surface area contributed by atoms with Gasteiger partial charge in [-0.1, -0.05) is 44.6 Å². The van der Waals surface area contributed by atoms with E-state index in [1.807, 2.05) is 53.6 Å². The van der Waals surface area contributed by atoms with E-state index in [9.17, 15) is 4.79 Å². The van der Waals surface area contributed by atoms with Crippen LogP contribution >= 0.6 is 23.7 Å². The van der Waals surface area contributed by atoms with Crippen LogP contribution in [0.4, 0.5) is 17.1 Å². The third-order valence-corrected chi connectivity index (χ3v) is 7.90. The Morgan fingerprint density at radius 2 is 1.91 bits per heavy atom. The van der Waals surface area contributed by atoms with Crippen LogP contribution in [-0.2, 0) is 0 Å². The number of nitrogens with two attached hydrogens (primary N) is 1. The normalized spacial score (nSPS) is 15.6. The molecule has 1 aliphatic rings. The summed E-state index contributed by atoms with van der Waals surface area (Å²) in [6.45, 7) is 4.06. The number of carbonyl (C=O) groups excluding carboxylic acids is 1. The molecule has 1 unspecified atom stereocenters. The number of rotatable bonds is 12. The van der Waals surface area contributed by atoms with Crippen molar-refractivity contribution < 1.29 is 4.79 Å². The number of hydrogen-bond acceptors (Lipinski definition) is 6. The minimum Gasteiger partial charge on any atom is -0.370 e. The molecule has 7 heteroatoms. The summed E-state index contributed by atoms with van der Waals surface area (Å²) in [7, 11) is 1.99. The van der Waals surface area contributed by atoms with Crippen LogP contribution < -0.4 is 20.3 Å². The second-order valence-corrected chi connectivity index (χ2v) is 10.7. The fraction of sp³-hybridized carbons (Fsp3) is 0.500. The number of anilines is 3. The molecule has 180 valence electrons. The number of unbranched alkanes of at least 4 members (excludes halogenated alkanes) is 4. The van der Waals surface area contributed by atoms with Crippen LogP contribution in [0.25, 0.3) is 0 Å². The topological polar surface area (TPSA) is 61.6 Å². The average Bonchev–Trinajstić information content (AvgIpc) is 3.27. The van der Waals surface area contributed by atoms with Crippen molar-refractivity contribution in [3.8, 4) is 0 Å². The Morgan fingerprint density at radius 3 is 2.58 bits per heavy atom. The Hall–Kier alpha value is -1.83. The van der Waals surface area contributed by atoms with Crippen LogP contribution in [0.15, 0.2) is 47.4 Å². The summed E-state index contributed by atoms with van der Waals surface area (Å²) in [5.41, 5.74) is 9.61. The first-order chi connectivity index (χ1) is 16.0. The number of benzene rings is 2. The maximum Gasteiger partial charge on any atom is 0.257 e. The Bertz CT molecular complexity index is 890. The third-order valence-electron chi connectivity index (χ3n) is 6.06. The SMILES string of the molecule is CCCCCCCSc1ccc(NC(=O)c2ccc(N3CCC(N)C3)cc2N(C)SC)cc1. The Kier molecular flexibility index (Phi) is 10.3. The van der Waals surface area contributed by atoms with Crippen LogP contribution in [0, 0.1) is 0 Å². The number of amides is 1. The van der Waals surface area contributed by atoms with Crippen LogP contribution in [0.5, 0.6) is 0 Å². The fourth-order valence-electron chi connectivity index (χ4n) is 4.02. The third kappa shape index (κ3) is 7.59. The van der Waals surface area contributed by atoms with E-state index >= 15 is 0 Å². The number of hydrogen-bond donors (Lipinski definition) is 2. The van der Waals surface area contributed by atoms with Gasteiger partial charge in [0.1, 0.15) is 0 Å². The van der Waals surface area contributed by atoms with E-state index in [1.54, 1.807) is 11.9 Å². The molecule has 1 saturated heterocycles. The fourth-order valence-corrected chi connectivity index (χ4v) is 5.28. The minimum atomic E-state index is -0.0908. The molecule has 3 N–H and O–H groups in total. The summed E-state index contributed by atoms with van der Waals surface area (Å²) < 4.78 is 2.04. The van der Waals surface area contributed by atoms with Crippen molar-refractivity contribution >= 4 is 46.7 Å². The molecule has 0 aliphatic carbocycles. The van der Waals surface area contributed by atoms with Gasteiger partial charge in [0, 0.05) is 48.7 Å². The van der Waals surface area contributed by atoms with E-state index in [2.05, 4.69) is 35.3 Å². The van der Waals surface area contributed by atoms with E-state index in [0.29, 0.717) is 5.56 Å². The van der Waals surface area contributed by atoms with Gasteiger partial charge in [-0.05, 0) is 61.1 Å². The first-order valence-corrected chi connectivity index (χ1v) is 14.1. The van der Waals surface area contributed by atoms with Gasteiger partial charge in [0.05, 0.1) is 11.3 Å². The van der Waals surface area contributed by atoms with E-state index < -0.39 is 0 Å². The molecule has 1 fully saturated rings. The first-order valence-electron chi connectivity index (χ1n) is 12.0. The predicted octanol–water partition coefficient (Wildman–Crippen LogP) is 6.25. The lowest BCUT2D eigenvalue weighted by molar-refractivity contribution is 0.102. The van der Waals surface area contributed by atoms with Crippen molar-refractivity contribution in [2.24, 2.45) is 5.73 Å². The number of nitrogens with zero attached hydrogens (tertiary/aromatic N) is 2. The van der Waals surface area contributed by atoms with Gasteiger partial charge in [0.2, 0.25) is 0 Å². The second-order valence-electron chi connectivity index (χ2n) is 8.62. The summed E-state index contributed by atoms with van der Waals surface area (Å²) in [5.74, 6) is 1.06. The van der Waals surface area contributed by atoms with Crippen LogP contribution in [-0.4, -0.2) is 44.1 Å². The molecular formula is C26H38N4OS2. The van der Waals surface area contributed by atoms with Gasteiger partial charge < -0.3 is 20.3 Å². The van der Waals surface area contributed by atoms with Gasteiger partial charge in [0.25, 0.3) is 5.91 Å². The number of nitrogens with one attached hydrogen (secondary N) is 1. The van der Waals surface area contributed by atoms with Crippen molar-refractivity contribution in [2.75, 3.05) is 46.7 Å². The Balaban J connectivity index is 1.62. The predicted molar refractivity (Wildman–Crippen MR) is 147 cm³/mol. The van der Waals surface area contributed by atoms with Crippen molar-refractivity contribution in [1.82, 2.24) is 0 Å². The first kappa shape index (κ1) is 25.8. The van der Waals surface area contributed by atoms with Crippen molar-refractivity contribution in [3.05, 3.63) is 48.0 Å². The quantitative estimate of drug-likeness (QED) is 0.210. The molecule has 2 aromatic carbocycles. The highest BCUT2D eigenvalue weighted by atomic mass is 32.2. The largest absolute Gasteiger partial charge is 0.370 e. The van der Waals surface area contributed by atoms with Crippen molar-refractivity contribution in [3.63, 3.8) is 0 Å². The van der Waals surface area contributed by atoms with Crippen LogP contribution in [0.2, 0.25) is 0 Å². The molecule has 0 aromatic heterocycles. The number of carbonyl (C=O) groups is 1. The molecule has 1 atom stereocenters. The zero-order chi connectivity index (χ0) is 23.6. The summed E-state index contributed by atoms with van der Waals surface area (Å²) in [4.78, 5) is 16.7. The standard InChI is InChI=1S/C26H38N4OS2/c1-4-5-6-7-8-17-33-23-12-9-21(10-13-23)28-26(31)24-14-11-22(18-25(24)29(2)32-3)30-16-15-20(27)19-30/h9-14,18,20H,4-8,15-17,19,27H2,1-3H3,(H,28,31). The summed E-state index contributed by atoms with van der Waals surface area (Å²) >= 11 is 3.48. The minimum absolute atomic E-state index is 0.0908. The van der Waals surface area contributed by atoms with Crippen LogP contribution in [0.3, 0.4) is 0 Å². The average molecular weight is 487 g/mol. The molecule has 0 saturated carbocycles. The van der Waals surface area contributed by atoms with E-state index in [0.717, 1.165) is 42.3 Å². The molecule has 5 nitrogen and oxygen atoms in total. The van der Waals surface area contributed by atoms with E-state index in [-0.39, 0.29) is 11.9 Å². The highest BCUT2D eigenvalue weighted by Gasteiger charge is 2.22. The maximum atomic E-state index is 13.1. The van der Waals surface area contributed by atoms with Gasteiger partial charge in [-0.2, -0.15) is 0 Å². The molecule has 33 heavy (non-hydrogen) atoms. The maximum absolute atomic E-state index is 13.1. The van der Waals surface area contributed by atoms with Crippen LogP contribution in [0.1, 0.15) is 55.8 Å². The lowest BCUT2D eigenvalue weighted by Gasteiger charge is -2.24. The smallest absolute Gasteiger partial charge is 0.257 e. The van der Waals surface area contributed by atoms with Crippen molar-refractivity contribution in [1.29, 1.82) is 0 Å². The Morgan fingerprint density at radius 1 is 1.15 bits per heavy atom. The molecule has 3 rings (SSSR count). The lowest BCUT2D eigenvalue weighted by atomic mass is 10.1. The molecule has 1 amide bonds. The van der Waals surface area contributed by atoms with Gasteiger partial charge in [-0.15, -0.1) is 11.8 Å². The van der Waals surface area contributed by atoms with E-state index in [1.165, 1.54) is 37.0 Å². The monoisotopic (exact) mass is 486 g/mol.